The molecule has 0 N–H and O–H groups in total. The third-order valence-corrected chi connectivity index (χ3v) is 5.71. The van der Waals surface area contributed by atoms with Gasteiger partial charge in [0.2, 0.25) is 0 Å². The summed E-state index contributed by atoms with van der Waals surface area (Å²) < 4.78 is 6.81. The van der Waals surface area contributed by atoms with Crippen molar-refractivity contribution in [3.8, 4) is 0 Å². The van der Waals surface area contributed by atoms with E-state index in [4.69, 9.17) is 4.74 Å². The van der Waals surface area contributed by atoms with Gasteiger partial charge in [0, 0.05) is 12.7 Å². The molecule has 144 valence electrons. The molecular formula is C20H25N3O3S. The van der Waals surface area contributed by atoms with E-state index < -0.39 is 5.97 Å². The first-order valence-corrected chi connectivity index (χ1v) is 10.1. The lowest BCUT2D eigenvalue weighted by Gasteiger charge is -2.17. The Bertz CT molecular complexity index is 1020. The average Bonchev–Trinajstić information content (AvgIpc) is 3.09. The Morgan fingerprint density at radius 1 is 1.30 bits per heavy atom. The second-order valence-corrected chi connectivity index (χ2v) is 7.77. The summed E-state index contributed by atoms with van der Waals surface area (Å²) in [4.78, 5) is 32.8. The summed E-state index contributed by atoms with van der Waals surface area (Å²) in [5.41, 5.74) is 1.58. The van der Waals surface area contributed by atoms with E-state index in [1.54, 1.807) is 0 Å². The highest BCUT2D eigenvalue weighted by Crippen LogP contribution is 2.21. The van der Waals surface area contributed by atoms with Crippen LogP contribution in [0.3, 0.4) is 0 Å². The Morgan fingerprint density at radius 3 is 2.70 bits per heavy atom. The van der Waals surface area contributed by atoms with Crippen LogP contribution in [0.5, 0.6) is 0 Å². The topological polar surface area (TPSA) is 63.9 Å². The quantitative estimate of drug-likeness (QED) is 0.580. The lowest BCUT2D eigenvalue weighted by molar-refractivity contribution is 0.0471. The first kappa shape index (κ1) is 19.5. The lowest BCUT2D eigenvalue weighted by atomic mass is 10.0. The number of fused-ring (bicyclic) bond motifs is 2. The van der Waals surface area contributed by atoms with Gasteiger partial charge in [-0.1, -0.05) is 45.1 Å². The van der Waals surface area contributed by atoms with E-state index in [0.29, 0.717) is 39.8 Å². The minimum atomic E-state index is -0.413. The average molecular weight is 388 g/mol. The molecule has 0 unspecified atom stereocenters. The van der Waals surface area contributed by atoms with E-state index in [2.05, 4.69) is 37.6 Å². The van der Waals surface area contributed by atoms with Crippen molar-refractivity contribution in [3.05, 3.63) is 45.2 Å². The van der Waals surface area contributed by atoms with Crippen molar-refractivity contribution in [3.63, 3.8) is 0 Å². The Labute approximate surface area is 162 Å². The largest absolute Gasteiger partial charge is 0.460 e. The number of benzene rings is 1. The maximum Gasteiger partial charge on any atom is 0.350 e. The van der Waals surface area contributed by atoms with Crippen molar-refractivity contribution in [1.29, 1.82) is 0 Å². The first-order valence-electron chi connectivity index (χ1n) is 9.29. The highest BCUT2D eigenvalue weighted by Gasteiger charge is 2.16. The van der Waals surface area contributed by atoms with Crippen molar-refractivity contribution < 1.29 is 9.53 Å². The highest BCUT2D eigenvalue weighted by molar-refractivity contribution is 7.18. The number of aromatic nitrogens is 2. The summed E-state index contributed by atoms with van der Waals surface area (Å²) in [6.07, 6.45) is 1.54. The van der Waals surface area contributed by atoms with E-state index in [1.807, 2.05) is 18.2 Å². The number of hydrogen-bond acceptors (Lipinski definition) is 6. The number of likely N-dealkylation sites (N-methyl/N-ethyl adjacent to an activating group) is 1. The molecule has 2 aromatic heterocycles. The van der Waals surface area contributed by atoms with Gasteiger partial charge < -0.3 is 9.64 Å². The zero-order valence-electron chi connectivity index (χ0n) is 16.2. The highest BCUT2D eigenvalue weighted by atomic mass is 32.1. The SMILES string of the molecule is CCN(CC)CCOC(=O)c1cn2c(=O)c3cc(C(C)C)ccc3nc2s1. The maximum atomic E-state index is 12.9. The minimum absolute atomic E-state index is 0.157. The smallest absolute Gasteiger partial charge is 0.350 e. The molecule has 3 rings (SSSR count). The Hall–Kier alpha value is -2.25. The zero-order chi connectivity index (χ0) is 19.6. The number of hydrogen-bond donors (Lipinski definition) is 0. The van der Waals surface area contributed by atoms with Crippen LogP contribution in [0.25, 0.3) is 15.9 Å². The number of esters is 1. The Morgan fingerprint density at radius 2 is 2.04 bits per heavy atom. The van der Waals surface area contributed by atoms with E-state index in [1.165, 1.54) is 21.9 Å². The van der Waals surface area contributed by atoms with E-state index >= 15 is 0 Å². The molecule has 3 aromatic rings. The van der Waals surface area contributed by atoms with Crippen molar-refractivity contribution in [1.82, 2.24) is 14.3 Å². The van der Waals surface area contributed by atoms with Crippen LogP contribution in [0.15, 0.2) is 29.2 Å². The molecule has 0 bridgehead atoms. The number of carbonyl (C=O) groups is 1. The molecule has 7 heteroatoms. The predicted octanol–water partition coefficient (Wildman–Crippen LogP) is 3.53. The van der Waals surface area contributed by atoms with Gasteiger partial charge in [-0.2, -0.15) is 0 Å². The van der Waals surface area contributed by atoms with Gasteiger partial charge in [0.05, 0.1) is 10.9 Å². The Kier molecular flexibility index (Phi) is 5.92. The predicted molar refractivity (Wildman–Crippen MR) is 109 cm³/mol. The normalized spacial score (nSPS) is 11.8. The second-order valence-electron chi connectivity index (χ2n) is 6.76. The fraction of sp³-hybridized carbons (Fsp3) is 0.450. The molecule has 0 aliphatic heterocycles. The number of ether oxygens (including phenoxy) is 1. The number of nitrogens with zero attached hydrogens (tertiary/aromatic N) is 3. The molecule has 0 aliphatic carbocycles. The minimum Gasteiger partial charge on any atom is -0.460 e. The molecular weight excluding hydrogens is 362 g/mol. The van der Waals surface area contributed by atoms with Crippen LogP contribution < -0.4 is 5.56 Å². The van der Waals surface area contributed by atoms with Gasteiger partial charge in [0.25, 0.3) is 5.56 Å². The molecule has 0 spiro atoms. The summed E-state index contributed by atoms with van der Waals surface area (Å²) in [7, 11) is 0. The molecule has 0 radical (unpaired) electrons. The summed E-state index contributed by atoms with van der Waals surface area (Å²) in [6, 6.07) is 5.75. The van der Waals surface area contributed by atoms with Crippen LogP contribution >= 0.6 is 11.3 Å². The van der Waals surface area contributed by atoms with E-state index in [-0.39, 0.29) is 5.56 Å². The van der Waals surface area contributed by atoms with Crippen molar-refractivity contribution >= 4 is 33.2 Å². The van der Waals surface area contributed by atoms with Crippen LogP contribution in [0, 0.1) is 0 Å². The van der Waals surface area contributed by atoms with Gasteiger partial charge in [-0.25, -0.2) is 9.78 Å². The summed E-state index contributed by atoms with van der Waals surface area (Å²) in [6.45, 7) is 11.2. The molecule has 27 heavy (non-hydrogen) atoms. The van der Waals surface area contributed by atoms with E-state index in [0.717, 1.165) is 18.7 Å². The van der Waals surface area contributed by atoms with Gasteiger partial charge in [0.15, 0.2) is 4.96 Å². The fourth-order valence-electron chi connectivity index (χ4n) is 2.96. The lowest BCUT2D eigenvalue weighted by Crippen LogP contribution is -2.27. The van der Waals surface area contributed by atoms with Gasteiger partial charge in [-0.15, -0.1) is 0 Å². The second kappa shape index (κ2) is 8.19. The van der Waals surface area contributed by atoms with Gasteiger partial charge >= 0.3 is 5.97 Å². The van der Waals surface area contributed by atoms with Gasteiger partial charge in [-0.3, -0.25) is 9.20 Å². The third kappa shape index (κ3) is 4.04. The Balaban J connectivity index is 1.88. The summed E-state index contributed by atoms with van der Waals surface area (Å²) in [5.74, 6) is -0.0858. The standard InChI is InChI=1S/C20H25N3O3S/c1-5-22(6-2)9-10-26-19(25)17-12-23-18(24)15-11-14(13(3)4)7-8-16(15)21-20(23)27-17/h7-8,11-13H,5-6,9-10H2,1-4H3. The fourth-order valence-corrected chi connectivity index (χ4v) is 3.83. The van der Waals surface area contributed by atoms with Gasteiger partial charge in [-0.05, 0) is 36.7 Å². The number of thiazole rings is 1. The molecule has 0 amide bonds. The van der Waals surface area contributed by atoms with Crippen LogP contribution in [0.4, 0.5) is 0 Å². The number of carbonyl (C=O) groups excluding carboxylic acids is 1. The molecule has 1 aromatic carbocycles. The van der Waals surface area contributed by atoms with Crippen LogP contribution in [0.1, 0.15) is 48.8 Å². The van der Waals surface area contributed by atoms with Crippen LogP contribution in [-0.2, 0) is 4.74 Å². The van der Waals surface area contributed by atoms with E-state index in [9.17, 15) is 9.59 Å². The molecule has 6 nitrogen and oxygen atoms in total. The van der Waals surface area contributed by atoms with Gasteiger partial charge in [0.1, 0.15) is 11.5 Å². The molecule has 0 saturated carbocycles. The van der Waals surface area contributed by atoms with Crippen LogP contribution in [-0.4, -0.2) is 46.5 Å². The van der Waals surface area contributed by atoms with Crippen molar-refractivity contribution in [2.75, 3.05) is 26.2 Å². The molecule has 0 atom stereocenters. The zero-order valence-corrected chi connectivity index (χ0v) is 17.0. The number of rotatable bonds is 7. The van der Waals surface area contributed by atoms with Crippen molar-refractivity contribution in [2.45, 2.75) is 33.6 Å². The molecule has 0 saturated heterocycles. The monoisotopic (exact) mass is 387 g/mol. The summed E-state index contributed by atoms with van der Waals surface area (Å²) in [5, 5.41) is 0.568. The molecule has 0 fully saturated rings. The summed E-state index contributed by atoms with van der Waals surface area (Å²) >= 11 is 1.18. The third-order valence-electron chi connectivity index (χ3n) is 4.74. The van der Waals surface area contributed by atoms with Crippen LogP contribution in [0.2, 0.25) is 0 Å². The molecule has 0 aliphatic rings. The maximum absolute atomic E-state index is 12.9. The van der Waals surface area contributed by atoms with Crippen molar-refractivity contribution in [2.24, 2.45) is 0 Å². The molecule has 2 heterocycles. The first-order chi connectivity index (χ1) is 12.9.